The molecular weight excluding hydrogens is 350 g/mol. The van der Waals surface area contributed by atoms with Gasteiger partial charge in [0, 0.05) is 32.4 Å². The van der Waals surface area contributed by atoms with E-state index in [1.807, 2.05) is 30.0 Å². The maximum Gasteiger partial charge on any atom is 0.264 e. The summed E-state index contributed by atoms with van der Waals surface area (Å²) in [5.74, 6) is 1.47. The van der Waals surface area contributed by atoms with Crippen molar-refractivity contribution in [2.24, 2.45) is 0 Å². The number of hydrogen-bond acceptors (Lipinski definition) is 6. The zero-order valence-electron chi connectivity index (χ0n) is 14.7. The summed E-state index contributed by atoms with van der Waals surface area (Å²) in [5.41, 5.74) is 0.538. The lowest BCUT2D eigenvalue weighted by atomic mass is 10.2. The number of carbonyl (C=O) groups excluding carboxylic acids is 1. The van der Waals surface area contributed by atoms with Gasteiger partial charge in [0.25, 0.3) is 11.5 Å². The molecular formula is C18H19N5O2S. The molecule has 0 spiro atoms. The molecule has 1 aliphatic rings. The Hall–Kier alpha value is -2.74. The number of carbonyl (C=O) groups is 1. The molecule has 3 aromatic rings. The summed E-state index contributed by atoms with van der Waals surface area (Å²) in [4.78, 5) is 41.9. The van der Waals surface area contributed by atoms with E-state index >= 15 is 0 Å². The molecule has 8 heteroatoms. The number of thiophene rings is 1. The minimum absolute atomic E-state index is 0.0248. The van der Waals surface area contributed by atoms with Crippen LogP contribution in [0.4, 0.5) is 5.82 Å². The average molecular weight is 369 g/mol. The van der Waals surface area contributed by atoms with Crippen molar-refractivity contribution in [1.82, 2.24) is 19.9 Å². The Balaban J connectivity index is 1.56. The first-order valence-corrected chi connectivity index (χ1v) is 9.31. The molecule has 1 N–H and O–H groups in total. The fourth-order valence-corrected chi connectivity index (χ4v) is 4.47. The van der Waals surface area contributed by atoms with E-state index in [-0.39, 0.29) is 11.5 Å². The summed E-state index contributed by atoms with van der Waals surface area (Å²) in [6.07, 6.45) is 1.78. The molecule has 3 aromatic heterocycles. The van der Waals surface area contributed by atoms with E-state index in [0.717, 1.165) is 24.5 Å². The summed E-state index contributed by atoms with van der Waals surface area (Å²) in [6.45, 7) is 6.31. The Morgan fingerprint density at radius 3 is 2.65 bits per heavy atom. The number of fused-ring (bicyclic) bond motifs is 1. The first-order chi connectivity index (χ1) is 12.5. The van der Waals surface area contributed by atoms with Gasteiger partial charge in [-0.15, -0.1) is 11.3 Å². The molecule has 26 heavy (non-hydrogen) atoms. The number of hydrogen-bond donors (Lipinski definition) is 1. The molecule has 0 unspecified atom stereocenters. The number of aromatic nitrogens is 3. The predicted molar refractivity (Wildman–Crippen MR) is 102 cm³/mol. The topological polar surface area (TPSA) is 82.2 Å². The van der Waals surface area contributed by atoms with Crippen molar-refractivity contribution in [2.45, 2.75) is 13.8 Å². The lowest BCUT2D eigenvalue weighted by Crippen LogP contribution is -2.49. The third kappa shape index (κ3) is 2.86. The van der Waals surface area contributed by atoms with Crippen LogP contribution in [0.2, 0.25) is 0 Å². The molecule has 1 aliphatic heterocycles. The summed E-state index contributed by atoms with van der Waals surface area (Å²) in [5, 5.41) is 0.524. The quantitative estimate of drug-likeness (QED) is 0.747. The van der Waals surface area contributed by atoms with Crippen LogP contribution in [0.1, 0.15) is 21.1 Å². The Morgan fingerprint density at radius 2 is 1.96 bits per heavy atom. The molecule has 7 nitrogen and oxygen atoms in total. The monoisotopic (exact) mass is 369 g/mol. The highest BCUT2D eigenvalue weighted by molar-refractivity contribution is 7.20. The number of nitrogens with one attached hydrogen (secondary N) is 1. The lowest BCUT2D eigenvalue weighted by molar-refractivity contribution is 0.0751. The number of rotatable bonds is 2. The van der Waals surface area contributed by atoms with Gasteiger partial charge in [-0.3, -0.25) is 9.59 Å². The largest absolute Gasteiger partial charge is 0.353 e. The zero-order valence-corrected chi connectivity index (χ0v) is 15.5. The van der Waals surface area contributed by atoms with Gasteiger partial charge in [0.1, 0.15) is 16.5 Å². The normalized spacial score (nSPS) is 14.8. The third-order valence-corrected chi connectivity index (χ3v) is 5.83. The number of piperazine rings is 1. The molecule has 4 rings (SSSR count). The van der Waals surface area contributed by atoms with Gasteiger partial charge in [-0.2, -0.15) is 0 Å². The van der Waals surface area contributed by atoms with Crippen LogP contribution in [-0.2, 0) is 0 Å². The zero-order chi connectivity index (χ0) is 18.3. The molecule has 0 aromatic carbocycles. The van der Waals surface area contributed by atoms with Crippen molar-refractivity contribution in [3.63, 3.8) is 0 Å². The highest BCUT2D eigenvalue weighted by atomic mass is 32.1. The van der Waals surface area contributed by atoms with Crippen LogP contribution < -0.4 is 10.5 Å². The second kappa shape index (κ2) is 6.53. The number of H-pyrrole nitrogens is 1. The number of aryl methyl sites for hydroxylation is 2. The Morgan fingerprint density at radius 1 is 1.19 bits per heavy atom. The van der Waals surface area contributed by atoms with Crippen molar-refractivity contribution in [2.75, 3.05) is 31.1 Å². The number of anilines is 1. The molecule has 134 valence electrons. The van der Waals surface area contributed by atoms with E-state index in [1.165, 1.54) is 11.3 Å². The smallest absolute Gasteiger partial charge is 0.264 e. The Bertz CT molecular complexity index is 1020. The molecule has 1 saturated heterocycles. The van der Waals surface area contributed by atoms with Gasteiger partial charge in [-0.1, -0.05) is 6.07 Å². The number of pyridine rings is 1. The Kier molecular flexibility index (Phi) is 4.20. The van der Waals surface area contributed by atoms with Crippen LogP contribution in [0, 0.1) is 13.8 Å². The van der Waals surface area contributed by atoms with Crippen LogP contribution >= 0.6 is 11.3 Å². The fraction of sp³-hybridized carbons (Fsp3) is 0.333. The minimum atomic E-state index is -0.180. The van der Waals surface area contributed by atoms with Crippen LogP contribution in [-0.4, -0.2) is 51.9 Å². The summed E-state index contributed by atoms with van der Waals surface area (Å²) >= 11 is 1.30. The van der Waals surface area contributed by atoms with Crippen LogP contribution in [0.25, 0.3) is 10.2 Å². The molecule has 0 aliphatic carbocycles. The highest BCUT2D eigenvalue weighted by Gasteiger charge is 2.26. The van der Waals surface area contributed by atoms with Crippen LogP contribution in [0.5, 0.6) is 0 Å². The maximum atomic E-state index is 13.0. The summed E-state index contributed by atoms with van der Waals surface area (Å²) in [7, 11) is 0. The number of amides is 1. The lowest BCUT2D eigenvalue weighted by Gasteiger charge is -2.35. The van der Waals surface area contributed by atoms with E-state index < -0.39 is 0 Å². The van der Waals surface area contributed by atoms with Crippen molar-refractivity contribution in [3.8, 4) is 0 Å². The summed E-state index contributed by atoms with van der Waals surface area (Å²) in [6, 6.07) is 5.84. The number of aromatic amines is 1. The highest BCUT2D eigenvalue weighted by Crippen LogP contribution is 2.28. The van der Waals surface area contributed by atoms with E-state index in [0.29, 0.717) is 34.0 Å². The number of nitrogens with zero attached hydrogens (tertiary/aromatic N) is 4. The molecule has 0 atom stereocenters. The fourth-order valence-electron chi connectivity index (χ4n) is 3.28. The van der Waals surface area contributed by atoms with Crippen LogP contribution in [0.3, 0.4) is 0 Å². The first-order valence-electron chi connectivity index (χ1n) is 8.50. The molecule has 0 saturated carbocycles. The van der Waals surface area contributed by atoms with Gasteiger partial charge in [0.05, 0.1) is 10.3 Å². The molecule has 1 fully saturated rings. The minimum Gasteiger partial charge on any atom is -0.353 e. The van der Waals surface area contributed by atoms with Crippen molar-refractivity contribution >= 4 is 33.3 Å². The van der Waals surface area contributed by atoms with Gasteiger partial charge in [-0.05, 0) is 31.5 Å². The van der Waals surface area contributed by atoms with Gasteiger partial charge in [0.15, 0.2) is 0 Å². The summed E-state index contributed by atoms with van der Waals surface area (Å²) < 4.78 is 0. The van der Waals surface area contributed by atoms with Gasteiger partial charge in [0.2, 0.25) is 0 Å². The second-order valence-electron chi connectivity index (χ2n) is 6.35. The molecule has 4 heterocycles. The average Bonchev–Trinajstić information content (AvgIpc) is 2.98. The van der Waals surface area contributed by atoms with Crippen molar-refractivity contribution in [1.29, 1.82) is 0 Å². The van der Waals surface area contributed by atoms with Gasteiger partial charge in [-0.25, -0.2) is 9.97 Å². The van der Waals surface area contributed by atoms with Gasteiger partial charge >= 0.3 is 0 Å². The van der Waals surface area contributed by atoms with Gasteiger partial charge < -0.3 is 14.8 Å². The standard InChI is InChI=1S/C18H19N5O2S/c1-11-14-16(24)20-12(2)21-17(14)26-15(11)18(25)23-9-7-22(8-10-23)13-5-3-4-6-19-13/h3-6H,7-10H2,1-2H3,(H,20,21,24). The maximum absolute atomic E-state index is 13.0. The predicted octanol–water partition coefficient (Wildman–Crippen LogP) is 1.96. The molecule has 0 radical (unpaired) electrons. The molecule has 0 bridgehead atoms. The van der Waals surface area contributed by atoms with E-state index in [4.69, 9.17) is 0 Å². The van der Waals surface area contributed by atoms with E-state index in [9.17, 15) is 9.59 Å². The van der Waals surface area contributed by atoms with E-state index in [1.54, 1.807) is 13.1 Å². The first kappa shape index (κ1) is 16.7. The van der Waals surface area contributed by atoms with Crippen LogP contribution in [0.15, 0.2) is 29.2 Å². The van der Waals surface area contributed by atoms with Crippen molar-refractivity contribution in [3.05, 3.63) is 51.0 Å². The molecule has 1 amide bonds. The Labute approximate surface area is 154 Å². The second-order valence-corrected chi connectivity index (χ2v) is 7.35. The third-order valence-electron chi connectivity index (χ3n) is 4.65. The van der Waals surface area contributed by atoms with Crippen molar-refractivity contribution < 1.29 is 4.79 Å². The van der Waals surface area contributed by atoms with E-state index in [2.05, 4.69) is 19.9 Å². The SMILES string of the molecule is Cc1nc2sc(C(=O)N3CCN(c4ccccn4)CC3)c(C)c2c(=O)[nH]1.